The van der Waals surface area contributed by atoms with Gasteiger partial charge in [-0.15, -0.1) is 0 Å². The lowest BCUT2D eigenvalue weighted by Gasteiger charge is -2.24. The zero-order chi connectivity index (χ0) is 15.1. The maximum atomic E-state index is 3.98. The molecule has 1 saturated carbocycles. The monoisotopic (exact) mass is 342 g/mol. The number of hydrogen-bond acceptors (Lipinski definition) is 0. The van der Waals surface area contributed by atoms with Gasteiger partial charge < -0.3 is 0 Å². The zero-order valence-corrected chi connectivity index (χ0v) is 14.7. The van der Waals surface area contributed by atoms with Crippen molar-refractivity contribution in [3.63, 3.8) is 0 Å². The van der Waals surface area contributed by atoms with Gasteiger partial charge in [0.15, 0.2) is 0 Å². The average molecular weight is 343 g/mol. The topological polar surface area (TPSA) is 0 Å². The third-order valence-corrected chi connectivity index (χ3v) is 6.10. The number of alkyl halides is 1. The van der Waals surface area contributed by atoms with Gasteiger partial charge in [0, 0.05) is 10.2 Å². The van der Waals surface area contributed by atoms with E-state index in [0.717, 1.165) is 0 Å². The van der Waals surface area contributed by atoms with Gasteiger partial charge in [-0.3, -0.25) is 0 Å². The van der Waals surface area contributed by atoms with Gasteiger partial charge in [0.05, 0.1) is 0 Å². The molecule has 1 aliphatic rings. The van der Waals surface area contributed by atoms with Crippen molar-refractivity contribution in [2.45, 2.75) is 49.3 Å². The quantitative estimate of drug-likeness (QED) is 0.586. The van der Waals surface area contributed by atoms with E-state index in [9.17, 15) is 0 Å². The summed E-state index contributed by atoms with van der Waals surface area (Å²) in [4.78, 5) is 0.404. The molecule has 0 bridgehead atoms. The standard InChI is InChI=1S/C20H23Br/c1-19(2,3)16-11-9-15(10-12-16)18(21)20(13-14-20)17-7-5-4-6-8-17/h4-12,18H,13-14H2,1-3H3. The van der Waals surface area contributed by atoms with E-state index >= 15 is 0 Å². The van der Waals surface area contributed by atoms with Crippen LogP contribution in [-0.4, -0.2) is 0 Å². The average Bonchev–Trinajstić information content (AvgIpc) is 3.28. The normalized spacial score (nSPS) is 18.3. The van der Waals surface area contributed by atoms with Crippen LogP contribution in [0.5, 0.6) is 0 Å². The summed E-state index contributed by atoms with van der Waals surface area (Å²) in [6.07, 6.45) is 2.54. The van der Waals surface area contributed by atoms with Gasteiger partial charge >= 0.3 is 0 Å². The molecule has 0 N–H and O–H groups in total. The van der Waals surface area contributed by atoms with Crippen molar-refractivity contribution in [1.29, 1.82) is 0 Å². The summed E-state index contributed by atoms with van der Waals surface area (Å²) in [5.41, 5.74) is 4.77. The molecule has 3 rings (SSSR count). The molecular formula is C20H23Br. The molecule has 2 aromatic carbocycles. The number of hydrogen-bond donors (Lipinski definition) is 0. The second-order valence-corrected chi connectivity index (χ2v) is 8.17. The molecule has 1 heteroatoms. The minimum atomic E-state index is 0.219. The Morgan fingerprint density at radius 2 is 1.48 bits per heavy atom. The highest BCUT2D eigenvalue weighted by molar-refractivity contribution is 9.09. The van der Waals surface area contributed by atoms with Crippen LogP contribution < -0.4 is 0 Å². The lowest BCUT2D eigenvalue weighted by molar-refractivity contribution is 0.589. The first-order valence-corrected chi connectivity index (χ1v) is 8.65. The van der Waals surface area contributed by atoms with Crippen molar-refractivity contribution in [2.24, 2.45) is 0 Å². The van der Waals surface area contributed by atoms with Crippen molar-refractivity contribution >= 4 is 15.9 Å². The van der Waals surface area contributed by atoms with Crippen molar-refractivity contribution in [3.8, 4) is 0 Å². The van der Waals surface area contributed by atoms with E-state index in [1.807, 2.05) is 0 Å². The molecule has 0 amide bonds. The van der Waals surface area contributed by atoms with Gasteiger partial charge in [0.2, 0.25) is 0 Å². The molecule has 0 spiro atoms. The summed E-state index contributed by atoms with van der Waals surface area (Å²) in [7, 11) is 0. The fourth-order valence-corrected chi connectivity index (χ4v) is 4.09. The van der Waals surface area contributed by atoms with Crippen molar-refractivity contribution in [3.05, 3.63) is 71.3 Å². The highest BCUT2D eigenvalue weighted by atomic mass is 79.9. The van der Waals surface area contributed by atoms with E-state index in [4.69, 9.17) is 0 Å². The summed E-state index contributed by atoms with van der Waals surface area (Å²) < 4.78 is 0. The largest absolute Gasteiger partial charge is 0.0829 e. The summed E-state index contributed by atoms with van der Waals surface area (Å²) in [6.45, 7) is 6.79. The number of halogens is 1. The molecule has 0 saturated heterocycles. The second-order valence-electron chi connectivity index (χ2n) is 7.26. The predicted molar refractivity (Wildman–Crippen MR) is 94.2 cm³/mol. The number of rotatable bonds is 3. The molecule has 1 unspecified atom stereocenters. The van der Waals surface area contributed by atoms with Crippen LogP contribution in [0.2, 0.25) is 0 Å². The van der Waals surface area contributed by atoms with Crippen molar-refractivity contribution in [2.75, 3.05) is 0 Å². The van der Waals surface area contributed by atoms with E-state index in [1.165, 1.54) is 29.5 Å². The first-order chi connectivity index (χ1) is 9.93. The summed E-state index contributed by atoms with van der Waals surface area (Å²) in [5, 5.41) is 0. The highest BCUT2D eigenvalue weighted by Crippen LogP contribution is 2.60. The van der Waals surface area contributed by atoms with Gasteiger partial charge in [-0.2, -0.15) is 0 Å². The lowest BCUT2D eigenvalue weighted by atomic mass is 9.84. The minimum Gasteiger partial charge on any atom is -0.0829 e. The molecule has 0 radical (unpaired) electrons. The Kier molecular flexibility index (Phi) is 3.73. The maximum absolute atomic E-state index is 3.98. The third kappa shape index (κ3) is 2.81. The van der Waals surface area contributed by atoms with Crippen LogP contribution in [0.15, 0.2) is 54.6 Å². The van der Waals surface area contributed by atoms with E-state index in [-0.39, 0.29) is 5.41 Å². The van der Waals surface area contributed by atoms with E-state index < -0.39 is 0 Å². The second kappa shape index (κ2) is 5.28. The van der Waals surface area contributed by atoms with E-state index in [2.05, 4.69) is 91.3 Å². The highest BCUT2D eigenvalue weighted by Gasteiger charge is 2.50. The molecule has 21 heavy (non-hydrogen) atoms. The van der Waals surface area contributed by atoms with Gasteiger partial charge in [-0.1, -0.05) is 91.3 Å². The molecule has 1 atom stereocenters. The predicted octanol–water partition coefficient (Wildman–Crippen LogP) is 6.15. The van der Waals surface area contributed by atoms with Gasteiger partial charge in [-0.25, -0.2) is 0 Å². The lowest BCUT2D eigenvalue weighted by Crippen LogP contribution is -2.15. The molecular weight excluding hydrogens is 320 g/mol. The van der Waals surface area contributed by atoms with Crippen LogP contribution in [0.1, 0.15) is 55.1 Å². The Hall–Kier alpha value is -1.08. The first kappa shape index (κ1) is 14.8. The first-order valence-electron chi connectivity index (χ1n) is 7.73. The Morgan fingerprint density at radius 3 is 1.95 bits per heavy atom. The van der Waals surface area contributed by atoms with Crippen LogP contribution >= 0.6 is 15.9 Å². The van der Waals surface area contributed by atoms with Crippen LogP contribution in [0.3, 0.4) is 0 Å². The maximum Gasteiger partial charge on any atom is 0.0491 e. The zero-order valence-electron chi connectivity index (χ0n) is 13.1. The smallest absolute Gasteiger partial charge is 0.0491 e. The van der Waals surface area contributed by atoms with Gasteiger partial charge in [-0.05, 0) is 34.9 Å². The molecule has 1 fully saturated rings. The van der Waals surface area contributed by atoms with Crippen LogP contribution in [0.25, 0.3) is 0 Å². The SMILES string of the molecule is CC(C)(C)c1ccc(C(Br)C2(c3ccccc3)CC2)cc1. The van der Waals surface area contributed by atoms with Gasteiger partial charge in [0.25, 0.3) is 0 Å². The molecule has 0 nitrogen and oxygen atoms in total. The molecule has 1 aliphatic carbocycles. The molecule has 2 aromatic rings. The van der Waals surface area contributed by atoms with Crippen LogP contribution in [-0.2, 0) is 10.8 Å². The van der Waals surface area contributed by atoms with E-state index in [1.54, 1.807) is 0 Å². The van der Waals surface area contributed by atoms with Gasteiger partial charge in [0.1, 0.15) is 0 Å². The Labute approximate surface area is 136 Å². The van der Waals surface area contributed by atoms with Crippen LogP contribution in [0, 0.1) is 0 Å². The Bertz CT molecular complexity index is 601. The Morgan fingerprint density at radius 1 is 0.905 bits per heavy atom. The Balaban J connectivity index is 1.88. The fraction of sp³-hybridized carbons (Fsp3) is 0.400. The summed E-state index contributed by atoms with van der Waals surface area (Å²) in [5.74, 6) is 0. The van der Waals surface area contributed by atoms with Crippen molar-refractivity contribution < 1.29 is 0 Å². The van der Waals surface area contributed by atoms with Crippen LogP contribution in [0.4, 0.5) is 0 Å². The third-order valence-electron chi connectivity index (χ3n) is 4.69. The fourth-order valence-electron chi connectivity index (χ4n) is 3.06. The summed E-state index contributed by atoms with van der Waals surface area (Å²) in [6, 6.07) is 20.1. The van der Waals surface area contributed by atoms with Crippen molar-refractivity contribution in [1.82, 2.24) is 0 Å². The molecule has 0 aliphatic heterocycles. The molecule has 110 valence electrons. The molecule has 0 aromatic heterocycles. The summed E-state index contributed by atoms with van der Waals surface area (Å²) >= 11 is 3.98. The number of benzene rings is 2. The minimum absolute atomic E-state index is 0.219. The van der Waals surface area contributed by atoms with E-state index in [0.29, 0.717) is 10.2 Å². The molecule has 0 heterocycles.